The Hall–Kier alpha value is -4.04. The topological polar surface area (TPSA) is 53.2 Å². The lowest BCUT2D eigenvalue weighted by Crippen LogP contribution is -2.33. The number of anilines is 1. The molecule has 1 atom stereocenters. The molecular weight excluding hydrogens is 501 g/mol. The zero-order valence-corrected chi connectivity index (χ0v) is 22.5. The molecule has 204 valence electrons. The van der Waals surface area contributed by atoms with Gasteiger partial charge in [0.15, 0.2) is 17.4 Å². The summed E-state index contributed by atoms with van der Waals surface area (Å²) < 4.78 is 50.5. The van der Waals surface area contributed by atoms with Gasteiger partial charge in [-0.05, 0) is 55.3 Å². The maximum Gasteiger partial charge on any atom is 0.199 e. The Morgan fingerprint density at radius 1 is 1.21 bits per heavy atom. The van der Waals surface area contributed by atoms with E-state index < -0.39 is 23.2 Å². The molecule has 2 N–H and O–H groups in total. The number of benzene rings is 3. The third-order valence-corrected chi connectivity index (χ3v) is 7.49. The van der Waals surface area contributed by atoms with E-state index in [0.29, 0.717) is 5.82 Å². The number of aryl methyl sites for hydroxylation is 1. The normalized spacial score (nSPS) is 15.2. The van der Waals surface area contributed by atoms with Gasteiger partial charge in [0.1, 0.15) is 17.4 Å². The lowest BCUT2D eigenvalue weighted by Gasteiger charge is -2.33. The molecule has 0 saturated heterocycles. The zero-order valence-electron chi connectivity index (χ0n) is 22.5. The van der Waals surface area contributed by atoms with Crippen molar-refractivity contribution in [3.63, 3.8) is 0 Å². The largest absolute Gasteiger partial charge is 0.451 e. The van der Waals surface area contributed by atoms with Crippen LogP contribution in [0.4, 0.5) is 18.9 Å². The number of aromatic nitrogens is 2. The summed E-state index contributed by atoms with van der Waals surface area (Å²) in [5.74, 6) is -2.49. The Morgan fingerprint density at radius 2 is 2.00 bits per heavy atom. The van der Waals surface area contributed by atoms with Crippen molar-refractivity contribution in [3.05, 3.63) is 100 Å². The van der Waals surface area contributed by atoms with Crippen LogP contribution in [0.2, 0.25) is 0 Å². The molecule has 0 unspecified atom stereocenters. The highest BCUT2D eigenvalue weighted by atomic mass is 19.1. The van der Waals surface area contributed by atoms with Gasteiger partial charge in [0.2, 0.25) is 0 Å². The van der Waals surface area contributed by atoms with E-state index >= 15 is 8.78 Å². The van der Waals surface area contributed by atoms with E-state index in [1.165, 1.54) is 41.0 Å². The summed E-state index contributed by atoms with van der Waals surface area (Å²) in [6, 6.07) is 11.3. The average molecular weight is 535 g/mol. The summed E-state index contributed by atoms with van der Waals surface area (Å²) >= 11 is 0. The molecule has 5 nitrogen and oxygen atoms in total. The van der Waals surface area contributed by atoms with Crippen LogP contribution < -0.4 is 10.1 Å². The highest BCUT2D eigenvalue weighted by Gasteiger charge is 2.32. The minimum Gasteiger partial charge on any atom is -0.451 e. The molecule has 5 rings (SSSR count). The highest BCUT2D eigenvalue weighted by Crippen LogP contribution is 2.39. The number of ether oxygens (including phenoxy) is 1. The third-order valence-electron chi connectivity index (χ3n) is 7.49. The summed E-state index contributed by atoms with van der Waals surface area (Å²) in [7, 11) is 3.62. The van der Waals surface area contributed by atoms with Crippen LogP contribution in [0.1, 0.15) is 48.0 Å². The van der Waals surface area contributed by atoms with Crippen LogP contribution >= 0.6 is 0 Å². The Morgan fingerprint density at radius 3 is 2.72 bits per heavy atom. The second-order valence-corrected chi connectivity index (χ2v) is 9.73. The zero-order chi connectivity index (χ0) is 27.8. The van der Waals surface area contributed by atoms with Crippen LogP contribution in [0.25, 0.3) is 17.5 Å². The average Bonchev–Trinajstić information content (AvgIpc) is 3.36. The molecule has 4 aromatic rings. The van der Waals surface area contributed by atoms with E-state index in [-0.39, 0.29) is 30.0 Å². The molecule has 39 heavy (non-hydrogen) atoms. The van der Waals surface area contributed by atoms with Crippen LogP contribution in [-0.4, -0.2) is 35.5 Å². The van der Waals surface area contributed by atoms with Gasteiger partial charge >= 0.3 is 0 Å². The molecule has 0 aliphatic carbocycles. The van der Waals surface area contributed by atoms with Crippen LogP contribution in [0.5, 0.6) is 11.5 Å². The first-order valence-electron chi connectivity index (χ1n) is 12.9. The number of hydrogen-bond donors (Lipinski definition) is 2. The van der Waals surface area contributed by atoms with Crippen molar-refractivity contribution < 1.29 is 19.3 Å². The van der Waals surface area contributed by atoms with Crippen molar-refractivity contribution in [1.82, 2.24) is 14.9 Å². The maximum absolute atomic E-state index is 15.1. The predicted molar refractivity (Wildman–Crippen MR) is 151 cm³/mol. The summed E-state index contributed by atoms with van der Waals surface area (Å²) in [6.07, 6.45) is 2.94. The molecule has 1 aromatic heterocycles. The van der Waals surface area contributed by atoms with Gasteiger partial charge in [-0.25, -0.2) is 18.2 Å². The van der Waals surface area contributed by atoms with Crippen LogP contribution in [0.15, 0.2) is 49.0 Å². The van der Waals surface area contributed by atoms with Crippen LogP contribution in [0, 0.1) is 24.4 Å². The fourth-order valence-electron chi connectivity index (χ4n) is 5.34. The predicted octanol–water partition coefficient (Wildman–Crippen LogP) is 7.67. The Balaban J connectivity index is 0.00000370. The van der Waals surface area contributed by atoms with Crippen molar-refractivity contribution in [2.75, 3.05) is 26.0 Å². The fraction of sp³-hybridized carbons (Fsp3) is 0.258. The van der Waals surface area contributed by atoms with Crippen LogP contribution in [0.3, 0.4) is 0 Å². The SMILES string of the molecule is C=Cc1c(NC)cc(F)c(Oc2ccc(F)c(-c3nc4c([nH]3)CCN(C)[C@@H]4c3cccc(CC)c3C)c2)c1F.[HH]. The van der Waals surface area contributed by atoms with Crippen molar-refractivity contribution >= 4 is 11.8 Å². The molecule has 0 fully saturated rings. The van der Waals surface area contributed by atoms with Gasteiger partial charge in [0.25, 0.3) is 0 Å². The summed E-state index contributed by atoms with van der Waals surface area (Å²) in [4.78, 5) is 10.4. The number of likely N-dealkylation sites (N-methyl/N-ethyl adjacent to an activating group) is 1. The first-order chi connectivity index (χ1) is 18.8. The Bertz CT molecular complexity index is 1570. The number of aromatic amines is 1. The minimum absolute atomic E-state index is 0. The van der Waals surface area contributed by atoms with E-state index in [4.69, 9.17) is 9.72 Å². The molecule has 3 aromatic carbocycles. The van der Waals surface area contributed by atoms with E-state index in [9.17, 15) is 4.39 Å². The quantitative estimate of drug-likeness (QED) is 0.256. The Labute approximate surface area is 227 Å². The van der Waals surface area contributed by atoms with Gasteiger partial charge in [0, 0.05) is 44.5 Å². The molecule has 0 saturated carbocycles. The summed E-state index contributed by atoms with van der Waals surface area (Å²) in [6.45, 7) is 8.68. The van der Waals surface area contributed by atoms with Crippen molar-refractivity contribution in [2.24, 2.45) is 0 Å². The van der Waals surface area contributed by atoms with Crippen molar-refractivity contribution in [2.45, 2.75) is 32.7 Å². The van der Waals surface area contributed by atoms with E-state index in [1.807, 2.05) is 0 Å². The molecular formula is C31H33F3N4O. The molecule has 1 aliphatic heterocycles. The molecule has 0 bridgehead atoms. The van der Waals surface area contributed by atoms with Gasteiger partial charge in [-0.2, -0.15) is 0 Å². The highest BCUT2D eigenvalue weighted by molar-refractivity contribution is 5.69. The standard InChI is InChI=1S/C31H31F3N4O.H2/c1-6-18-9-8-10-21(17(18)3)29-28-25(13-14-38(29)5)36-31(37-28)22-15-19(11-12-23(22)32)39-30-24(33)16-26(35-4)20(7-2)27(30)34;/h7-12,15-16,29,35H,2,6,13-14H2,1,3-5H3,(H,36,37);1H/t29-;/m1./s1. The lowest BCUT2D eigenvalue weighted by atomic mass is 9.90. The molecule has 0 amide bonds. The molecule has 0 spiro atoms. The number of H-pyrrole nitrogens is 1. The smallest absolute Gasteiger partial charge is 0.199 e. The summed E-state index contributed by atoms with van der Waals surface area (Å²) in [5.41, 5.74) is 5.93. The molecule has 0 radical (unpaired) electrons. The third kappa shape index (κ3) is 4.69. The molecule has 8 heteroatoms. The van der Waals surface area contributed by atoms with Gasteiger partial charge in [-0.3, -0.25) is 4.90 Å². The minimum atomic E-state index is -0.899. The second-order valence-electron chi connectivity index (χ2n) is 9.73. The van der Waals surface area contributed by atoms with E-state index in [2.05, 4.69) is 60.9 Å². The van der Waals surface area contributed by atoms with Crippen molar-refractivity contribution in [3.8, 4) is 22.9 Å². The van der Waals surface area contributed by atoms with E-state index in [1.54, 1.807) is 7.05 Å². The number of rotatable bonds is 7. The fourth-order valence-corrected chi connectivity index (χ4v) is 5.34. The Kier molecular flexibility index (Phi) is 7.23. The monoisotopic (exact) mass is 534 g/mol. The number of nitrogens with one attached hydrogen (secondary N) is 2. The van der Waals surface area contributed by atoms with Gasteiger partial charge in [-0.15, -0.1) is 0 Å². The number of imidazole rings is 1. The first kappa shape index (κ1) is 26.6. The molecule has 1 aliphatic rings. The van der Waals surface area contributed by atoms with Gasteiger partial charge in [0.05, 0.1) is 17.3 Å². The number of nitrogens with zero attached hydrogens (tertiary/aromatic N) is 2. The lowest BCUT2D eigenvalue weighted by molar-refractivity contribution is 0.258. The number of hydrogen-bond acceptors (Lipinski definition) is 4. The van der Waals surface area contributed by atoms with Gasteiger partial charge in [-0.1, -0.05) is 37.8 Å². The summed E-state index contributed by atoms with van der Waals surface area (Å²) in [5, 5.41) is 2.74. The number of fused-ring (bicyclic) bond motifs is 1. The maximum atomic E-state index is 15.1. The van der Waals surface area contributed by atoms with E-state index in [0.717, 1.165) is 36.8 Å². The first-order valence-corrected chi connectivity index (χ1v) is 12.9. The van der Waals surface area contributed by atoms with Crippen LogP contribution in [-0.2, 0) is 12.8 Å². The molecule has 2 heterocycles. The second kappa shape index (κ2) is 10.6. The van der Waals surface area contributed by atoms with Gasteiger partial charge < -0.3 is 15.0 Å². The number of halogens is 3. The van der Waals surface area contributed by atoms with Crippen molar-refractivity contribution in [1.29, 1.82) is 0 Å².